The highest BCUT2D eigenvalue weighted by Crippen LogP contribution is 2.25. The monoisotopic (exact) mass is 277 g/mol. The Balaban J connectivity index is 3.04. The number of nitrogens with two attached hydrogens (primary N) is 1. The van der Waals surface area contributed by atoms with Gasteiger partial charge in [0.2, 0.25) is 0 Å². The average Bonchev–Trinajstić information content (AvgIpc) is 2.45. The summed E-state index contributed by atoms with van der Waals surface area (Å²) < 4.78 is 5.05. The van der Waals surface area contributed by atoms with Gasteiger partial charge in [-0.2, -0.15) is 0 Å². The molecule has 1 aromatic carbocycles. The summed E-state index contributed by atoms with van der Waals surface area (Å²) in [6.45, 7) is 5.27. The molecule has 4 heteroatoms. The van der Waals surface area contributed by atoms with Crippen molar-refractivity contribution in [3.05, 3.63) is 35.9 Å². The first-order valence-electron chi connectivity index (χ1n) is 6.96. The maximum atomic E-state index is 12.1. The molecular weight excluding hydrogens is 254 g/mol. The van der Waals surface area contributed by atoms with Gasteiger partial charge in [-0.05, 0) is 32.3 Å². The molecular formula is C16H23NO3. The quantitative estimate of drug-likeness (QED) is 0.775. The fourth-order valence-corrected chi connectivity index (χ4v) is 2.34. The van der Waals surface area contributed by atoms with Crippen LogP contribution in [0.5, 0.6) is 0 Å². The lowest BCUT2D eigenvalue weighted by atomic mass is 9.76. The van der Waals surface area contributed by atoms with Gasteiger partial charge < -0.3 is 10.5 Å². The number of esters is 1. The van der Waals surface area contributed by atoms with E-state index < -0.39 is 17.4 Å². The molecule has 0 aliphatic rings. The first-order chi connectivity index (χ1) is 9.45. The van der Waals surface area contributed by atoms with Crippen molar-refractivity contribution in [3.8, 4) is 0 Å². The van der Waals surface area contributed by atoms with Gasteiger partial charge >= 0.3 is 5.97 Å². The number of ether oxygens (including phenoxy) is 1. The number of carbonyl (C=O) groups is 2. The summed E-state index contributed by atoms with van der Waals surface area (Å²) in [5.41, 5.74) is 5.94. The number of ketones is 1. The van der Waals surface area contributed by atoms with E-state index in [4.69, 9.17) is 10.5 Å². The molecule has 0 heterocycles. The van der Waals surface area contributed by atoms with Crippen LogP contribution >= 0.6 is 0 Å². The zero-order valence-electron chi connectivity index (χ0n) is 12.4. The zero-order valence-corrected chi connectivity index (χ0v) is 12.4. The van der Waals surface area contributed by atoms with E-state index in [2.05, 4.69) is 0 Å². The molecule has 0 bridgehead atoms. The number of hydrogen-bond acceptors (Lipinski definition) is 4. The molecule has 0 spiro atoms. The molecule has 0 amide bonds. The largest absolute Gasteiger partial charge is 0.465 e. The van der Waals surface area contributed by atoms with Crippen molar-refractivity contribution in [1.29, 1.82) is 0 Å². The third kappa shape index (κ3) is 3.67. The van der Waals surface area contributed by atoms with Gasteiger partial charge in [0.05, 0.1) is 12.5 Å². The van der Waals surface area contributed by atoms with Gasteiger partial charge in [0, 0.05) is 0 Å². The molecule has 2 N–H and O–H groups in total. The van der Waals surface area contributed by atoms with Crippen LogP contribution in [0.4, 0.5) is 0 Å². The van der Waals surface area contributed by atoms with Crippen molar-refractivity contribution in [2.24, 2.45) is 11.7 Å². The van der Waals surface area contributed by atoms with Crippen LogP contribution in [0.25, 0.3) is 0 Å². The Morgan fingerprint density at radius 1 is 1.25 bits per heavy atom. The van der Waals surface area contributed by atoms with Crippen LogP contribution in [0.2, 0.25) is 0 Å². The molecule has 0 aliphatic heterocycles. The first kappa shape index (κ1) is 16.4. The maximum absolute atomic E-state index is 12.1. The van der Waals surface area contributed by atoms with Gasteiger partial charge in [0.1, 0.15) is 11.3 Å². The van der Waals surface area contributed by atoms with E-state index in [-0.39, 0.29) is 12.4 Å². The molecule has 0 radical (unpaired) electrons. The number of hydrogen-bond donors (Lipinski definition) is 1. The van der Waals surface area contributed by atoms with Gasteiger partial charge in [0.15, 0.2) is 0 Å². The first-order valence-corrected chi connectivity index (χ1v) is 6.96. The molecule has 1 aromatic rings. The molecule has 0 saturated heterocycles. The molecule has 0 aromatic heterocycles. The van der Waals surface area contributed by atoms with Gasteiger partial charge in [-0.15, -0.1) is 0 Å². The summed E-state index contributed by atoms with van der Waals surface area (Å²) in [5, 5.41) is 0. The highest BCUT2D eigenvalue weighted by molar-refractivity contribution is 5.90. The Bertz CT molecular complexity index is 458. The van der Waals surface area contributed by atoms with E-state index in [1.807, 2.05) is 30.3 Å². The molecule has 2 atom stereocenters. The van der Waals surface area contributed by atoms with Crippen LogP contribution in [0.1, 0.15) is 32.8 Å². The molecule has 110 valence electrons. The van der Waals surface area contributed by atoms with Crippen molar-refractivity contribution >= 4 is 11.8 Å². The third-order valence-corrected chi connectivity index (χ3v) is 3.64. The third-order valence-electron chi connectivity index (χ3n) is 3.64. The van der Waals surface area contributed by atoms with Gasteiger partial charge in [-0.25, -0.2) is 0 Å². The Hall–Kier alpha value is -1.68. The minimum atomic E-state index is -1.27. The van der Waals surface area contributed by atoms with Crippen molar-refractivity contribution in [1.82, 2.24) is 0 Å². The Morgan fingerprint density at radius 2 is 1.85 bits per heavy atom. The molecule has 0 saturated carbocycles. The van der Waals surface area contributed by atoms with Crippen LogP contribution in [-0.4, -0.2) is 23.9 Å². The SMILES string of the molecule is CCOC(=O)[C@](N)(CC)[C@H](Cc1ccccc1)C(C)=O. The van der Waals surface area contributed by atoms with E-state index in [1.165, 1.54) is 6.92 Å². The van der Waals surface area contributed by atoms with Gasteiger partial charge in [-0.1, -0.05) is 37.3 Å². The van der Waals surface area contributed by atoms with Crippen LogP contribution in [-0.2, 0) is 20.7 Å². The minimum Gasteiger partial charge on any atom is -0.465 e. The van der Waals surface area contributed by atoms with Crippen LogP contribution < -0.4 is 5.73 Å². The second-order valence-electron chi connectivity index (χ2n) is 4.97. The Kier molecular flexibility index (Phi) is 5.89. The predicted molar refractivity (Wildman–Crippen MR) is 78.2 cm³/mol. The number of carbonyl (C=O) groups excluding carboxylic acids is 2. The number of Topliss-reactive ketones (excluding diaryl/α,β-unsaturated/α-hetero) is 1. The fraction of sp³-hybridized carbons (Fsp3) is 0.500. The van der Waals surface area contributed by atoms with Crippen molar-refractivity contribution in [2.75, 3.05) is 6.61 Å². The smallest absolute Gasteiger partial charge is 0.326 e. The van der Waals surface area contributed by atoms with E-state index in [0.717, 1.165) is 5.56 Å². The summed E-state index contributed by atoms with van der Waals surface area (Å²) in [6.07, 6.45) is 0.808. The molecule has 1 rings (SSSR count). The zero-order chi connectivity index (χ0) is 15.2. The minimum absolute atomic E-state index is 0.0914. The molecule has 0 unspecified atom stereocenters. The fourth-order valence-electron chi connectivity index (χ4n) is 2.34. The maximum Gasteiger partial charge on any atom is 0.326 e. The highest BCUT2D eigenvalue weighted by Gasteiger charge is 2.44. The Morgan fingerprint density at radius 3 is 2.30 bits per heavy atom. The van der Waals surface area contributed by atoms with E-state index in [0.29, 0.717) is 12.8 Å². The Labute approximate surface area is 120 Å². The van der Waals surface area contributed by atoms with Gasteiger partial charge in [-0.3, -0.25) is 9.59 Å². The van der Waals surface area contributed by atoms with Crippen molar-refractivity contribution < 1.29 is 14.3 Å². The van der Waals surface area contributed by atoms with E-state index in [1.54, 1.807) is 13.8 Å². The standard InChI is InChI=1S/C16H23NO3/c1-4-16(17,15(19)20-5-2)14(12(3)18)11-13-9-7-6-8-10-13/h6-10,14H,4-5,11,17H2,1-3H3/t14-,16+/m1/s1. The lowest BCUT2D eigenvalue weighted by Gasteiger charge is -2.33. The highest BCUT2D eigenvalue weighted by atomic mass is 16.5. The molecule has 4 nitrogen and oxygen atoms in total. The summed E-state index contributed by atoms with van der Waals surface area (Å²) in [7, 11) is 0. The topological polar surface area (TPSA) is 69.4 Å². The second kappa shape index (κ2) is 7.20. The normalized spacial score (nSPS) is 15.2. The van der Waals surface area contributed by atoms with Crippen LogP contribution in [0.15, 0.2) is 30.3 Å². The van der Waals surface area contributed by atoms with Crippen molar-refractivity contribution in [2.45, 2.75) is 39.2 Å². The van der Waals surface area contributed by atoms with Crippen LogP contribution in [0, 0.1) is 5.92 Å². The predicted octanol–water partition coefficient (Wildman–Crippen LogP) is 2.10. The lowest BCUT2D eigenvalue weighted by molar-refractivity contribution is -0.154. The lowest BCUT2D eigenvalue weighted by Crippen LogP contribution is -2.57. The summed E-state index contributed by atoms with van der Waals surface area (Å²) in [6, 6.07) is 9.57. The van der Waals surface area contributed by atoms with Gasteiger partial charge in [0.25, 0.3) is 0 Å². The number of benzene rings is 1. The van der Waals surface area contributed by atoms with E-state index >= 15 is 0 Å². The summed E-state index contributed by atoms with van der Waals surface area (Å²) in [5.74, 6) is -1.17. The molecule has 20 heavy (non-hydrogen) atoms. The van der Waals surface area contributed by atoms with Crippen molar-refractivity contribution in [3.63, 3.8) is 0 Å². The second-order valence-corrected chi connectivity index (χ2v) is 4.97. The van der Waals surface area contributed by atoms with E-state index in [9.17, 15) is 9.59 Å². The van der Waals surface area contributed by atoms with Crippen LogP contribution in [0.3, 0.4) is 0 Å². The average molecular weight is 277 g/mol. The summed E-state index contributed by atoms with van der Waals surface area (Å²) >= 11 is 0. The summed E-state index contributed by atoms with van der Waals surface area (Å²) in [4.78, 5) is 24.1. The molecule has 0 aliphatic carbocycles. The number of rotatable bonds is 7. The molecule has 0 fully saturated rings.